The summed E-state index contributed by atoms with van der Waals surface area (Å²) in [5, 5.41) is 12.6. The van der Waals surface area contributed by atoms with Crippen LogP contribution in [0.15, 0.2) is 42.5 Å². The van der Waals surface area contributed by atoms with Crippen molar-refractivity contribution in [1.82, 2.24) is 4.90 Å². The van der Waals surface area contributed by atoms with Crippen LogP contribution in [0.2, 0.25) is 0 Å². The SMILES string of the molecule is CCCCCN(CCOC1CCCC(COCc2cccc(C)c2C(=O)O)C1)C(=O)Nc1ccccc1C. The number of aryl methyl sites for hydroxylation is 2. The van der Waals surface area contributed by atoms with Gasteiger partial charge in [-0.15, -0.1) is 0 Å². The lowest BCUT2D eigenvalue weighted by Crippen LogP contribution is -2.39. The predicted octanol–water partition coefficient (Wildman–Crippen LogP) is 6.82. The smallest absolute Gasteiger partial charge is 0.336 e. The minimum absolute atomic E-state index is 0.0780. The maximum Gasteiger partial charge on any atom is 0.336 e. The third kappa shape index (κ3) is 9.14. The van der Waals surface area contributed by atoms with Gasteiger partial charge in [-0.05, 0) is 68.2 Å². The monoisotopic (exact) mass is 524 g/mol. The van der Waals surface area contributed by atoms with Crippen molar-refractivity contribution >= 4 is 17.7 Å². The highest BCUT2D eigenvalue weighted by Crippen LogP contribution is 2.27. The molecule has 1 aliphatic rings. The fourth-order valence-electron chi connectivity index (χ4n) is 5.14. The molecule has 1 saturated carbocycles. The van der Waals surface area contributed by atoms with E-state index in [0.717, 1.165) is 61.8 Å². The van der Waals surface area contributed by atoms with Gasteiger partial charge in [0, 0.05) is 25.4 Å². The molecule has 1 aliphatic carbocycles. The summed E-state index contributed by atoms with van der Waals surface area (Å²) < 4.78 is 12.2. The van der Waals surface area contributed by atoms with Crippen LogP contribution in [0, 0.1) is 19.8 Å². The minimum Gasteiger partial charge on any atom is -0.478 e. The molecule has 0 aromatic heterocycles. The molecule has 0 saturated heterocycles. The number of benzene rings is 2. The first-order valence-electron chi connectivity index (χ1n) is 14.0. The van der Waals surface area contributed by atoms with Gasteiger partial charge >= 0.3 is 12.0 Å². The Morgan fingerprint density at radius 3 is 2.58 bits per heavy atom. The van der Waals surface area contributed by atoms with E-state index in [9.17, 15) is 14.7 Å². The highest BCUT2D eigenvalue weighted by Gasteiger charge is 2.24. The zero-order chi connectivity index (χ0) is 27.3. The summed E-state index contributed by atoms with van der Waals surface area (Å²) >= 11 is 0. The molecule has 2 unspecified atom stereocenters. The van der Waals surface area contributed by atoms with E-state index in [1.165, 1.54) is 0 Å². The number of carboxylic acid groups (broad SMARTS) is 1. The van der Waals surface area contributed by atoms with Crippen LogP contribution in [0.3, 0.4) is 0 Å². The highest BCUT2D eigenvalue weighted by atomic mass is 16.5. The molecule has 0 aliphatic heterocycles. The van der Waals surface area contributed by atoms with E-state index in [1.54, 1.807) is 0 Å². The number of hydrogen-bond acceptors (Lipinski definition) is 4. The van der Waals surface area contributed by atoms with Gasteiger partial charge in [0.15, 0.2) is 0 Å². The molecule has 2 aromatic rings. The number of unbranched alkanes of at least 4 members (excludes halogenated alkanes) is 2. The molecule has 0 radical (unpaired) electrons. The number of carboxylic acids is 1. The third-order valence-electron chi connectivity index (χ3n) is 7.34. The number of amides is 2. The van der Waals surface area contributed by atoms with E-state index in [-0.39, 0.29) is 12.1 Å². The summed E-state index contributed by atoms with van der Waals surface area (Å²) in [6.45, 7) is 8.65. The van der Waals surface area contributed by atoms with Gasteiger partial charge in [-0.25, -0.2) is 9.59 Å². The normalized spacial score (nSPS) is 17.2. The lowest BCUT2D eigenvalue weighted by atomic mass is 9.88. The third-order valence-corrected chi connectivity index (χ3v) is 7.34. The average molecular weight is 525 g/mol. The molecule has 7 heteroatoms. The largest absolute Gasteiger partial charge is 0.478 e. The van der Waals surface area contributed by atoms with E-state index in [1.807, 2.05) is 61.2 Å². The molecule has 2 amide bonds. The topological polar surface area (TPSA) is 88.1 Å². The Hall–Kier alpha value is -2.90. The van der Waals surface area contributed by atoms with E-state index in [0.29, 0.717) is 50.0 Å². The molecule has 1 fully saturated rings. The predicted molar refractivity (Wildman–Crippen MR) is 151 cm³/mol. The van der Waals surface area contributed by atoms with Crippen molar-refractivity contribution in [3.63, 3.8) is 0 Å². The molecule has 0 bridgehead atoms. The van der Waals surface area contributed by atoms with Crippen LogP contribution in [0.1, 0.15) is 78.9 Å². The Morgan fingerprint density at radius 1 is 1.03 bits per heavy atom. The maximum atomic E-state index is 13.0. The second kappa shape index (κ2) is 15.5. The number of anilines is 1. The Bertz CT molecular complexity index is 1040. The number of para-hydroxylation sites is 1. The van der Waals surface area contributed by atoms with Crippen LogP contribution in [0.4, 0.5) is 10.5 Å². The van der Waals surface area contributed by atoms with Gasteiger partial charge < -0.3 is 24.8 Å². The Labute approximate surface area is 227 Å². The van der Waals surface area contributed by atoms with Crippen molar-refractivity contribution in [2.75, 3.05) is 31.6 Å². The first-order valence-corrected chi connectivity index (χ1v) is 14.0. The van der Waals surface area contributed by atoms with E-state index in [4.69, 9.17) is 9.47 Å². The van der Waals surface area contributed by atoms with Crippen molar-refractivity contribution in [2.45, 2.75) is 78.4 Å². The van der Waals surface area contributed by atoms with Crippen LogP contribution >= 0.6 is 0 Å². The van der Waals surface area contributed by atoms with Gasteiger partial charge in [-0.3, -0.25) is 0 Å². The quantitative estimate of drug-likeness (QED) is 0.265. The van der Waals surface area contributed by atoms with Gasteiger partial charge in [0.2, 0.25) is 0 Å². The molecular formula is C31H44N2O5. The van der Waals surface area contributed by atoms with Crippen LogP contribution in [-0.2, 0) is 16.1 Å². The average Bonchev–Trinajstić information content (AvgIpc) is 2.89. The first kappa shape index (κ1) is 29.7. The number of ether oxygens (including phenoxy) is 2. The molecule has 0 heterocycles. The minimum atomic E-state index is -0.913. The summed E-state index contributed by atoms with van der Waals surface area (Å²) in [5.74, 6) is -0.527. The standard InChI is InChI=1S/C31H44N2O5/c1-4-5-8-17-33(31(36)32-28-16-7-6-11-23(28)2)18-19-38-27-15-10-13-25(20-27)21-37-22-26-14-9-12-24(3)29(26)30(34)35/h6-7,9,11-12,14,16,25,27H,4-5,8,10,13,15,17-22H2,1-3H3,(H,32,36)(H,34,35). The molecule has 2 N–H and O–H groups in total. The second-order valence-electron chi connectivity index (χ2n) is 10.4. The van der Waals surface area contributed by atoms with Crippen LogP contribution < -0.4 is 5.32 Å². The van der Waals surface area contributed by atoms with Crippen LogP contribution in [-0.4, -0.2) is 54.4 Å². The summed E-state index contributed by atoms with van der Waals surface area (Å²) in [6, 6.07) is 13.3. The molecule has 208 valence electrons. The fraction of sp³-hybridized carbons (Fsp3) is 0.548. The van der Waals surface area contributed by atoms with Crippen LogP contribution in [0.5, 0.6) is 0 Å². The van der Waals surface area contributed by atoms with E-state index < -0.39 is 5.97 Å². The zero-order valence-electron chi connectivity index (χ0n) is 23.2. The van der Waals surface area contributed by atoms with E-state index >= 15 is 0 Å². The van der Waals surface area contributed by atoms with Crippen LogP contribution in [0.25, 0.3) is 0 Å². The van der Waals surface area contributed by atoms with Crippen molar-refractivity contribution in [3.8, 4) is 0 Å². The first-order chi connectivity index (χ1) is 18.4. The molecule has 3 rings (SSSR count). The molecule has 2 atom stereocenters. The highest BCUT2D eigenvalue weighted by molar-refractivity contribution is 5.91. The number of nitrogens with one attached hydrogen (secondary N) is 1. The van der Waals surface area contributed by atoms with Gasteiger partial charge in [0.05, 0.1) is 24.9 Å². The maximum absolute atomic E-state index is 13.0. The summed E-state index contributed by atoms with van der Waals surface area (Å²) in [6.07, 6.45) is 7.44. The lowest BCUT2D eigenvalue weighted by Gasteiger charge is -2.30. The van der Waals surface area contributed by atoms with Crippen molar-refractivity contribution in [2.24, 2.45) is 5.92 Å². The number of nitrogens with zero attached hydrogens (tertiary/aromatic N) is 1. The van der Waals surface area contributed by atoms with Crippen molar-refractivity contribution in [1.29, 1.82) is 0 Å². The van der Waals surface area contributed by atoms with Gasteiger partial charge in [-0.1, -0.05) is 62.6 Å². The summed E-state index contributed by atoms with van der Waals surface area (Å²) in [7, 11) is 0. The van der Waals surface area contributed by atoms with Gasteiger partial charge in [0.1, 0.15) is 0 Å². The second-order valence-corrected chi connectivity index (χ2v) is 10.4. The number of rotatable bonds is 14. The zero-order valence-corrected chi connectivity index (χ0v) is 23.2. The molecule has 0 spiro atoms. The number of aromatic carboxylic acids is 1. The number of hydrogen-bond donors (Lipinski definition) is 2. The molecule has 7 nitrogen and oxygen atoms in total. The lowest BCUT2D eigenvalue weighted by molar-refractivity contribution is -0.0137. The van der Waals surface area contributed by atoms with E-state index in [2.05, 4.69) is 12.2 Å². The Balaban J connectivity index is 1.45. The Kier molecular flexibility index (Phi) is 12.1. The summed E-state index contributed by atoms with van der Waals surface area (Å²) in [4.78, 5) is 26.5. The van der Waals surface area contributed by atoms with Gasteiger partial charge in [-0.2, -0.15) is 0 Å². The van der Waals surface area contributed by atoms with Crippen molar-refractivity contribution < 1.29 is 24.2 Å². The number of carbonyl (C=O) groups is 2. The van der Waals surface area contributed by atoms with Crippen molar-refractivity contribution in [3.05, 3.63) is 64.7 Å². The fourth-order valence-corrected chi connectivity index (χ4v) is 5.14. The van der Waals surface area contributed by atoms with Gasteiger partial charge in [0.25, 0.3) is 0 Å². The summed E-state index contributed by atoms with van der Waals surface area (Å²) in [5.41, 5.74) is 3.69. The number of urea groups is 1. The Morgan fingerprint density at radius 2 is 1.82 bits per heavy atom. The molecule has 38 heavy (non-hydrogen) atoms. The molecular weight excluding hydrogens is 480 g/mol. The number of carbonyl (C=O) groups excluding carboxylic acids is 1. The molecule has 2 aromatic carbocycles.